The fourth-order valence-corrected chi connectivity index (χ4v) is 2.20. The second-order valence-electron chi connectivity index (χ2n) is 5.08. The largest absolute Gasteiger partial charge is 0.340 e. The van der Waals surface area contributed by atoms with Gasteiger partial charge in [-0.05, 0) is 36.8 Å². The number of benzene rings is 1. The maximum Gasteiger partial charge on any atom is 0.247 e. The van der Waals surface area contributed by atoms with E-state index in [0.29, 0.717) is 11.5 Å². The second kappa shape index (κ2) is 6.37. The molecule has 3 aromatic rings. The van der Waals surface area contributed by atoms with Gasteiger partial charge in [0.05, 0.1) is 11.8 Å². The van der Waals surface area contributed by atoms with E-state index in [-0.39, 0.29) is 6.42 Å². The van der Waals surface area contributed by atoms with Gasteiger partial charge in [0.15, 0.2) is 5.65 Å². The first-order chi connectivity index (χ1) is 11.2. The molecular weight excluding hydrogens is 294 g/mol. The third kappa shape index (κ3) is 3.41. The van der Waals surface area contributed by atoms with Crippen LogP contribution in [0, 0.1) is 6.92 Å². The molecule has 1 amide bonds. The van der Waals surface area contributed by atoms with Crippen LogP contribution in [0.3, 0.4) is 0 Å². The molecule has 3 N–H and O–H groups in total. The first-order valence-corrected chi connectivity index (χ1v) is 7.03. The van der Waals surface area contributed by atoms with E-state index in [4.69, 9.17) is 5.21 Å². The van der Waals surface area contributed by atoms with E-state index >= 15 is 0 Å². The van der Waals surface area contributed by atoms with E-state index in [0.717, 1.165) is 22.3 Å². The highest BCUT2D eigenvalue weighted by molar-refractivity contribution is 5.88. The summed E-state index contributed by atoms with van der Waals surface area (Å²) in [4.78, 5) is 23.9. The molecule has 0 saturated heterocycles. The Bertz CT molecular complexity index is 849. The highest BCUT2D eigenvalue weighted by Gasteiger charge is 2.06. The van der Waals surface area contributed by atoms with Crippen molar-refractivity contribution in [2.75, 3.05) is 5.32 Å². The van der Waals surface area contributed by atoms with Gasteiger partial charge < -0.3 is 5.32 Å². The number of anilines is 2. The number of aromatic nitrogens is 3. The van der Waals surface area contributed by atoms with Crippen LogP contribution < -0.4 is 10.8 Å². The molecule has 1 aromatic carbocycles. The standard InChI is InChI=1S/C16H15N5O2/c1-10-2-7-13-15(19-10)17-9-18-16(13)20-12-5-3-11(4-6-12)8-14(22)21-23/h2-7,9,23H,8H2,1H3,(H,21,22)(H,17,18,19,20). The van der Waals surface area contributed by atoms with Gasteiger partial charge in [0.1, 0.15) is 12.1 Å². The number of amides is 1. The Balaban J connectivity index is 1.83. The van der Waals surface area contributed by atoms with Gasteiger partial charge in [0, 0.05) is 11.4 Å². The third-order valence-electron chi connectivity index (χ3n) is 3.34. The monoisotopic (exact) mass is 309 g/mol. The Labute approximate surface area is 132 Å². The summed E-state index contributed by atoms with van der Waals surface area (Å²) in [6.45, 7) is 1.91. The van der Waals surface area contributed by atoms with Crippen molar-refractivity contribution < 1.29 is 10.0 Å². The van der Waals surface area contributed by atoms with E-state index in [9.17, 15) is 4.79 Å². The lowest BCUT2D eigenvalue weighted by atomic mass is 10.1. The zero-order chi connectivity index (χ0) is 16.2. The number of nitrogens with zero attached hydrogens (tertiary/aromatic N) is 3. The molecule has 0 bridgehead atoms. The fourth-order valence-electron chi connectivity index (χ4n) is 2.20. The number of hydrogen-bond donors (Lipinski definition) is 3. The summed E-state index contributed by atoms with van der Waals surface area (Å²) < 4.78 is 0. The minimum Gasteiger partial charge on any atom is -0.340 e. The SMILES string of the molecule is Cc1ccc2c(Nc3ccc(CC(=O)NO)cc3)ncnc2n1. The van der Waals surface area contributed by atoms with Gasteiger partial charge in [-0.2, -0.15) is 0 Å². The second-order valence-corrected chi connectivity index (χ2v) is 5.08. The molecule has 2 aromatic heterocycles. The van der Waals surface area contributed by atoms with Crippen molar-refractivity contribution in [3.63, 3.8) is 0 Å². The van der Waals surface area contributed by atoms with E-state index in [1.54, 1.807) is 5.48 Å². The first-order valence-electron chi connectivity index (χ1n) is 7.03. The van der Waals surface area contributed by atoms with Gasteiger partial charge in [0.2, 0.25) is 5.91 Å². The predicted octanol–water partition coefficient (Wildman–Crippen LogP) is 2.12. The minimum absolute atomic E-state index is 0.121. The molecule has 0 unspecified atom stereocenters. The molecule has 3 rings (SSSR count). The molecule has 0 atom stereocenters. The summed E-state index contributed by atoms with van der Waals surface area (Å²) in [6.07, 6.45) is 1.59. The Morgan fingerprint density at radius 2 is 1.91 bits per heavy atom. The molecule has 0 aliphatic rings. The van der Waals surface area contributed by atoms with Gasteiger partial charge in [-0.1, -0.05) is 12.1 Å². The Morgan fingerprint density at radius 3 is 2.65 bits per heavy atom. The smallest absolute Gasteiger partial charge is 0.247 e. The van der Waals surface area contributed by atoms with E-state index < -0.39 is 5.91 Å². The molecule has 2 heterocycles. The summed E-state index contributed by atoms with van der Waals surface area (Å²) in [6, 6.07) is 11.1. The normalized spacial score (nSPS) is 10.5. The number of hydrogen-bond acceptors (Lipinski definition) is 6. The average Bonchev–Trinajstić information content (AvgIpc) is 2.56. The molecule has 0 aliphatic heterocycles. The van der Waals surface area contributed by atoms with Gasteiger partial charge >= 0.3 is 0 Å². The topological polar surface area (TPSA) is 100 Å². The zero-order valence-corrected chi connectivity index (χ0v) is 12.4. The molecule has 23 heavy (non-hydrogen) atoms. The zero-order valence-electron chi connectivity index (χ0n) is 12.4. The first kappa shape index (κ1) is 14.9. The van der Waals surface area contributed by atoms with Gasteiger partial charge in [-0.15, -0.1) is 0 Å². The van der Waals surface area contributed by atoms with Crippen LogP contribution in [0.4, 0.5) is 11.5 Å². The average molecular weight is 309 g/mol. The predicted molar refractivity (Wildman–Crippen MR) is 85.4 cm³/mol. The summed E-state index contributed by atoms with van der Waals surface area (Å²) in [7, 11) is 0. The lowest BCUT2D eigenvalue weighted by Crippen LogP contribution is -2.20. The van der Waals surface area contributed by atoms with Crippen LogP contribution >= 0.6 is 0 Å². The number of rotatable bonds is 4. The number of hydroxylamine groups is 1. The molecule has 0 spiro atoms. The molecule has 0 saturated carbocycles. The number of carbonyl (C=O) groups is 1. The Hall–Kier alpha value is -3.06. The number of aryl methyl sites for hydroxylation is 1. The number of pyridine rings is 1. The van der Waals surface area contributed by atoms with Crippen molar-refractivity contribution in [1.29, 1.82) is 0 Å². The number of fused-ring (bicyclic) bond motifs is 1. The number of carbonyl (C=O) groups excluding carboxylic acids is 1. The minimum atomic E-state index is -0.450. The lowest BCUT2D eigenvalue weighted by Gasteiger charge is -2.09. The van der Waals surface area contributed by atoms with E-state index in [1.165, 1.54) is 6.33 Å². The highest BCUT2D eigenvalue weighted by Crippen LogP contribution is 2.22. The molecule has 116 valence electrons. The maximum absolute atomic E-state index is 11.1. The van der Waals surface area contributed by atoms with Crippen LogP contribution in [-0.4, -0.2) is 26.1 Å². The van der Waals surface area contributed by atoms with Crippen LogP contribution in [0.5, 0.6) is 0 Å². The molecule has 0 fully saturated rings. The van der Waals surface area contributed by atoms with Crippen LogP contribution in [0.1, 0.15) is 11.3 Å². The van der Waals surface area contributed by atoms with Crippen molar-refractivity contribution >= 4 is 28.4 Å². The fraction of sp³-hybridized carbons (Fsp3) is 0.125. The lowest BCUT2D eigenvalue weighted by molar-refractivity contribution is -0.128. The van der Waals surface area contributed by atoms with Crippen molar-refractivity contribution in [1.82, 2.24) is 20.4 Å². The highest BCUT2D eigenvalue weighted by atomic mass is 16.5. The van der Waals surface area contributed by atoms with E-state index in [2.05, 4.69) is 20.3 Å². The van der Waals surface area contributed by atoms with Crippen LogP contribution in [-0.2, 0) is 11.2 Å². The van der Waals surface area contributed by atoms with E-state index in [1.807, 2.05) is 43.3 Å². The van der Waals surface area contributed by atoms with Crippen LogP contribution in [0.15, 0.2) is 42.7 Å². The molecule has 0 aliphatic carbocycles. The summed E-state index contributed by atoms with van der Waals surface area (Å²) in [5, 5.41) is 12.6. The maximum atomic E-state index is 11.1. The molecule has 0 radical (unpaired) electrons. The van der Waals surface area contributed by atoms with Crippen LogP contribution in [0.25, 0.3) is 11.0 Å². The Morgan fingerprint density at radius 1 is 1.13 bits per heavy atom. The summed E-state index contributed by atoms with van der Waals surface area (Å²) in [5.41, 5.74) is 4.78. The molecular formula is C16H15N5O2. The van der Waals surface area contributed by atoms with Gasteiger partial charge in [-0.3, -0.25) is 10.0 Å². The van der Waals surface area contributed by atoms with Gasteiger partial charge in [0.25, 0.3) is 0 Å². The van der Waals surface area contributed by atoms with Gasteiger partial charge in [-0.25, -0.2) is 20.4 Å². The van der Waals surface area contributed by atoms with Crippen molar-refractivity contribution in [3.05, 3.63) is 54.0 Å². The molecule has 7 nitrogen and oxygen atoms in total. The third-order valence-corrected chi connectivity index (χ3v) is 3.34. The molecule has 7 heteroatoms. The number of nitrogens with one attached hydrogen (secondary N) is 2. The van der Waals surface area contributed by atoms with Crippen molar-refractivity contribution in [2.45, 2.75) is 13.3 Å². The summed E-state index contributed by atoms with van der Waals surface area (Å²) >= 11 is 0. The summed E-state index contributed by atoms with van der Waals surface area (Å²) in [5.74, 6) is 0.220. The van der Waals surface area contributed by atoms with Crippen LogP contribution in [0.2, 0.25) is 0 Å². The quantitative estimate of drug-likeness (QED) is 0.504. The Kier molecular flexibility index (Phi) is 4.11. The van der Waals surface area contributed by atoms with Crippen molar-refractivity contribution in [2.24, 2.45) is 0 Å². The van der Waals surface area contributed by atoms with Crippen molar-refractivity contribution in [3.8, 4) is 0 Å².